The predicted molar refractivity (Wildman–Crippen MR) is 87.6 cm³/mol. The first-order chi connectivity index (χ1) is 9.76. The molecule has 0 spiro atoms. The Morgan fingerprint density at radius 2 is 1.70 bits per heavy atom. The average molecular weight is 343 g/mol. The third kappa shape index (κ3) is 2.79. The fourth-order valence-electron chi connectivity index (χ4n) is 2.06. The van der Waals surface area contributed by atoms with Gasteiger partial charge in [0.2, 0.25) is 0 Å². The average Bonchev–Trinajstić information content (AvgIpc) is 2.49. The first kappa shape index (κ1) is 13.4. The van der Waals surface area contributed by atoms with Crippen LogP contribution >= 0.6 is 27.7 Å². The first-order valence-electron chi connectivity index (χ1n) is 6.18. The summed E-state index contributed by atoms with van der Waals surface area (Å²) in [4.78, 5) is 13.3. The van der Waals surface area contributed by atoms with E-state index in [2.05, 4.69) is 46.3 Å². The highest BCUT2D eigenvalue weighted by molar-refractivity contribution is 9.10. The van der Waals surface area contributed by atoms with E-state index in [0.29, 0.717) is 5.56 Å². The zero-order valence-electron chi connectivity index (χ0n) is 10.5. The minimum Gasteiger partial charge on any atom is -0.298 e. The van der Waals surface area contributed by atoms with Crippen molar-refractivity contribution < 1.29 is 4.79 Å². The number of aldehydes is 1. The lowest BCUT2D eigenvalue weighted by Gasteiger charge is -2.06. The highest BCUT2D eigenvalue weighted by Crippen LogP contribution is 2.33. The van der Waals surface area contributed by atoms with Gasteiger partial charge in [0, 0.05) is 19.8 Å². The molecular formula is C17H11BrOS. The Morgan fingerprint density at radius 1 is 0.900 bits per heavy atom. The molecule has 0 aromatic heterocycles. The normalized spacial score (nSPS) is 10.7. The van der Waals surface area contributed by atoms with E-state index in [1.54, 1.807) is 11.8 Å². The summed E-state index contributed by atoms with van der Waals surface area (Å²) in [6, 6.07) is 20.4. The minimum absolute atomic E-state index is 0.706. The van der Waals surface area contributed by atoms with Gasteiger partial charge in [0.1, 0.15) is 0 Å². The Bertz CT molecular complexity index is 783. The van der Waals surface area contributed by atoms with Crippen molar-refractivity contribution in [1.82, 2.24) is 0 Å². The summed E-state index contributed by atoms with van der Waals surface area (Å²) in [5, 5.41) is 2.44. The zero-order valence-corrected chi connectivity index (χ0v) is 12.9. The molecule has 3 rings (SSSR count). The number of hydrogen-bond acceptors (Lipinski definition) is 2. The van der Waals surface area contributed by atoms with Crippen molar-refractivity contribution in [3.05, 3.63) is 70.7 Å². The lowest BCUT2D eigenvalue weighted by Crippen LogP contribution is -1.85. The molecule has 20 heavy (non-hydrogen) atoms. The molecule has 0 N–H and O–H groups in total. The number of fused-ring (bicyclic) bond motifs is 1. The van der Waals surface area contributed by atoms with Crippen molar-refractivity contribution in [2.24, 2.45) is 0 Å². The lowest BCUT2D eigenvalue weighted by atomic mass is 10.1. The van der Waals surface area contributed by atoms with Gasteiger partial charge in [0.05, 0.1) is 0 Å². The van der Waals surface area contributed by atoms with Gasteiger partial charge in [0.15, 0.2) is 6.29 Å². The molecule has 0 aliphatic heterocycles. The highest BCUT2D eigenvalue weighted by atomic mass is 79.9. The monoisotopic (exact) mass is 342 g/mol. The Labute approximate surface area is 130 Å². The fraction of sp³-hybridized carbons (Fsp3) is 0. The van der Waals surface area contributed by atoms with Crippen LogP contribution < -0.4 is 0 Å². The fourth-order valence-corrected chi connectivity index (χ4v) is 3.38. The first-order valence-corrected chi connectivity index (χ1v) is 7.78. The van der Waals surface area contributed by atoms with Gasteiger partial charge in [0.25, 0.3) is 0 Å². The van der Waals surface area contributed by atoms with Crippen molar-refractivity contribution >= 4 is 44.8 Å². The molecule has 0 atom stereocenters. The molecule has 0 heterocycles. The standard InChI is InChI=1S/C17H11BrOS/c18-15-6-8-17(14(9-15)11-19)20-16-7-5-12-3-1-2-4-13(12)10-16/h1-11H. The van der Waals surface area contributed by atoms with Crippen LogP contribution in [0.1, 0.15) is 10.4 Å². The summed E-state index contributed by atoms with van der Waals surface area (Å²) >= 11 is 5.00. The van der Waals surface area contributed by atoms with E-state index < -0.39 is 0 Å². The van der Waals surface area contributed by atoms with Gasteiger partial charge in [-0.2, -0.15) is 0 Å². The van der Waals surface area contributed by atoms with Crippen LogP contribution in [0, 0.1) is 0 Å². The highest BCUT2D eigenvalue weighted by Gasteiger charge is 2.05. The van der Waals surface area contributed by atoms with Crippen LogP contribution in [0.4, 0.5) is 0 Å². The van der Waals surface area contributed by atoms with Crippen LogP contribution in [0.15, 0.2) is 74.9 Å². The summed E-state index contributed by atoms with van der Waals surface area (Å²) in [5.74, 6) is 0. The van der Waals surface area contributed by atoms with Crippen LogP contribution in [-0.2, 0) is 0 Å². The van der Waals surface area contributed by atoms with Gasteiger partial charge in [-0.3, -0.25) is 4.79 Å². The topological polar surface area (TPSA) is 17.1 Å². The van der Waals surface area contributed by atoms with Crippen molar-refractivity contribution in [3.63, 3.8) is 0 Å². The maximum Gasteiger partial charge on any atom is 0.151 e. The molecule has 98 valence electrons. The van der Waals surface area contributed by atoms with Crippen molar-refractivity contribution in [2.45, 2.75) is 9.79 Å². The smallest absolute Gasteiger partial charge is 0.151 e. The van der Waals surface area contributed by atoms with E-state index in [1.807, 2.05) is 30.3 Å². The Morgan fingerprint density at radius 3 is 2.50 bits per heavy atom. The second-order valence-electron chi connectivity index (χ2n) is 4.41. The van der Waals surface area contributed by atoms with Crippen LogP contribution in [0.5, 0.6) is 0 Å². The number of benzene rings is 3. The van der Waals surface area contributed by atoms with E-state index in [0.717, 1.165) is 20.5 Å². The number of hydrogen-bond donors (Lipinski definition) is 0. The number of halogens is 1. The number of rotatable bonds is 3. The Hall–Kier alpha value is -1.58. The van der Waals surface area contributed by atoms with Crippen LogP contribution in [0.25, 0.3) is 10.8 Å². The molecule has 1 nitrogen and oxygen atoms in total. The molecule has 0 fully saturated rings. The molecule has 3 heteroatoms. The van der Waals surface area contributed by atoms with Gasteiger partial charge < -0.3 is 0 Å². The van der Waals surface area contributed by atoms with E-state index in [4.69, 9.17) is 0 Å². The molecule has 0 aliphatic carbocycles. The largest absolute Gasteiger partial charge is 0.298 e. The SMILES string of the molecule is O=Cc1cc(Br)ccc1Sc1ccc2ccccc2c1. The van der Waals surface area contributed by atoms with Crippen molar-refractivity contribution in [3.8, 4) is 0 Å². The van der Waals surface area contributed by atoms with Crippen LogP contribution in [0.2, 0.25) is 0 Å². The number of carbonyl (C=O) groups excluding carboxylic acids is 1. The Kier molecular flexibility index (Phi) is 3.90. The van der Waals surface area contributed by atoms with E-state index in [1.165, 1.54) is 10.8 Å². The maximum atomic E-state index is 11.1. The predicted octanol–water partition coefficient (Wildman–Crippen LogP) is 5.57. The molecular weight excluding hydrogens is 332 g/mol. The van der Waals surface area contributed by atoms with Gasteiger partial charge in [-0.1, -0.05) is 58.0 Å². The third-order valence-electron chi connectivity index (χ3n) is 3.05. The van der Waals surface area contributed by atoms with E-state index >= 15 is 0 Å². The van der Waals surface area contributed by atoms with Gasteiger partial charge in [-0.05, 0) is 41.1 Å². The van der Waals surface area contributed by atoms with Crippen molar-refractivity contribution in [1.29, 1.82) is 0 Å². The molecule has 0 unspecified atom stereocenters. The van der Waals surface area contributed by atoms with Crippen LogP contribution in [-0.4, -0.2) is 6.29 Å². The van der Waals surface area contributed by atoms with Crippen molar-refractivity contribution in [2.75, 3.05) is 0 Å². The van der Waals surface area contributed by atoms with Gasteiger partial charge in [-0.15, -0.1) is 0 Å². The van der Waals surface area contributed by atoms with E-state index in [9.17, 15) is 4.79 Å². The molecule has 0 saturated heterocycles. The molecule has 0 aliphatic rings. The van der Waals surface area contributed by atoms with Crippen LogP contribution in [0.3, 0.4) is 0 Å². The van der Waals surface area contributed by atoms with Gasteiger partial charge in [-0.25, -0.2) is 0 Å². The molecule has 3 aromatic rings. The molecule has 0 bridgehead atoms. The maximum absolute atomic E-state index is 11.1. The lowest BCUT2D eigenvalue weighted by molar-refractivity contribution is 0.112. The second kappa shape index (κ2) is 5.81. The summed E-state index contributed by atoms with van der Waals surface area (Å²) in [6.45, 7) is 0. The molecule has 0 saturated carbocycles. The molecule has 0 amide bonds. The summed E-state index contributed by atoms with van der Waals surface area (Å²) in [6.07, 6.45) is 0.897. The Balaban J connectivity index is 1.98. The molecule has 0 radical (unpaired) electrons. The van der Waals surface area contributed by atoms with E-state index in [-0.39, 0.29) is 0 Å². The third-order valence-corrected chi connectivity index (χ3v) is 4.62. The quantitative estimate of drug-likeness (QED) is 0.579. The zero-order chi connectivity index (χ0) is 13.9. The summed E-state index contributed by atoms with van der Waals surface area (Å²) in [5.41, 5.74) is 0.706. The second-order valence-corrected chi connectivity index (χ2v) is 6.44. The molecule has 3 aromatic carbocycles. The van der Waals surface area contributed by atoms with Gasteiger partial charge >= 0.3 is 0 Å². The summed E-state index contributed by atoms with van der Waals surface area (Å²) in [7, 11) is 0. The summed E-state index contributed by atoms with van der Waals surface area (Å²) < 4.78 is 0.919. The minimum atomic E-state index is 0.706. The number of carbonyl (C=O) groups is 1.